The first-order valence-corrected chi connectivity index (χ1v) is 8.90. The maximum atomic E-state index is 11.3. The van der Waals surface area contributed by atoms with Crippen molar-refractivity contribution in [1.82, 2.24) is 0 Å². The number of hydrogen-bond donors (Lipinski definition) is 0. The summed E-state index contributed by atoms with van der Waals surface area (Å²) in [7, 11) is 0. The molecule has 0 heterocycles. The third-order valence-electron chi connectivity index (χ3n) is 5.19. The summed E-state index contributed by atoms with van der Waals surface area (Å²) in [6.45, 7) is 5.43. The molecular weight excluding hydrogens is 268 g/mol. The fourth-order valence-corrected chi connectivity index (χ4v) is 3.64. The molecule has 0 aliphatic heterocycles. The normalized spacial score (nSPS) is 21.5. The number of Topliss-reactive ketones (excluding diaryl/α,β-unsaturated/α-hetero) is 1. The topological polar surface area (TPSA) is 17.1 Å². The van der Waals surface area contributed by atoms with E-state index in [9.17, 15) is 4.79 Å². The van der Waals surface area contributed by atoms with Crippen LogP contribution in [0.1, 0.15) is 74.2 Å². The Kier molecular flexibility index (Phi) is 6.89. The Morgan fingerprint density at radius 2 is 1.68 bits per heavy atom. The summed E-state index contributed by atoms with van der Waals surface area (Å²) in [5.41, 5.74) is 2.20. The van der Waals surface area contributed by atoms with E-state index in [1.54, 1.807) is 6.92 Å². The lowest BCUT2D eigenvalue weighted by atomic mass is 9.78. The zero-order valence-electron chi connectivity index (χ0n) is 14.0. The first-order chi connectivity index (χ1) is 10.7. The van der Waals surface area contributed by atoms with Crippen LogP contribution in [-0.4, -0.2) is 5.78 Å². The van der Waals surface area contributed by atoms with Crippen molar-refractivity contribution in [2.45, 2.75) is 64.7 Å². The SMILES string of the molecule is C=CCCC[C@H]1CC[C@H](CCc2ccc(C(C)=O)cc2)CC1. The van der Waals surface area contributed by atoms with Gasteiger partial charge in [0.1, 0.15) is 0 Å². The smallest absolute Gasteiger partial charge is 0.159 e. The van der Waals surface area contributed by atoms with Crippen LogP contribution in [0, 0.1) is 11.8 Å². The van der Waals surface area contributed by atoms with Crippen molar-refractivity contribution >= 4 is 5.78 Å². The number of allylic oxidation sites excluding steroid dienone is 1. The van der Waals surface area contributed by atoms with Gasteiger partial charge in [0.15, 0.2) is 5.78 Å². The second kappa shape index (κ2) is 8.92. The molecule has 1 aliphatic carbocycles. The highest BCUT2D eigenvalue weighted by molar-refractivity contribution is 5.93. The van der Waals surface area contributed by atoms with E-state index in [0.717, 1.165) is 23.8 Å². The van der Waals surface area contributed by atoms with Gasteiger partial charge in [-0.3, -0.25) is 4.79 Å². The molecule has 1 aromatic carbocycles. The lowest BCUT2D eigenvalue weighted by Gasteiger charge is -2.28. The van der Waals surface area contributed by atoms with Crippen LogP contribution in [0.15, 0.2) is 36.9 Å². The largest absolute Gasteiger partial charge is 0.295 e. The molecular formula is C21H30O. The second-order valence-corrected chi connectivity index (χ2v) is 6.90. The summed E-state index contributed by atoms with van der Waals surface area (Å²) in [5.74, 6) is 2.02. The number of rotatable bonds is 8. The van der Waals surface area contributed by atoms with Crippen LogP contribution >= 0.6 is 0 Å². The maximum Gasteiger partial charge on any atom is 0.159 e. The summed E-state index contributed by atoms with van der Waals surface area (Å²) in [5, 5.41) is 0. The number of hydrogen-bond acceptors (Lipinski definition) is 1. The van der Waals surface area contributed by atoms with Crippen molar-refractivity contribution in [2.75, 3.05) is 0 Å². The van der Waals surface area contributed by atoms with Gasteiger partial charge in [-0.25, -0.2) is 0 Å². The summed E-state index contributed by atoms with van der Waals surface area (Å²) in [6, 6.07) is 8.18. The highest BCUT2D eigenvalue weighted by Crippen LogP contribution is 2.34. The number of carbonyl (C=O) groups is 1. The molecule has 1 saturated carbocycles. The van der Waals surface area contributed by atoms with E-state index >= 15 is 0 Å². The molecule has 0 spiro atoms. The quantitative estimate of drug-likeness (QED) is 0.327. The summed E-state index contributed by atoms with van der Waals surface area (Å²) >= 11 is 0. The highest BCUT2D eigenvalue weighted by atomic mass is 16.1. The standard InChI is InChI=1S/C21H30O/c1-3-4-5-6-18-7-9-19(10-8-18)11-12-20-13-15-21(16-14-20)17(2)22/h3,13-16,18-19H,1,4-12H2,2H3/t18-,19-. The van der Waals surface area contributed by atoms with Gasteiger partial charge in [0.25, 0.3) is 0 Å². The van der Waals surface area contributed by atoms with Crippen LogP contribution in [0.3, 0.4) is 0 Å². The molecule has 1 fully saturated rings. The molecule has 0 radical (unpaired) electrons. The molecule has 0 bridgehead atoms. The van der Waals surface area contributed by atoms with Crippen LogP contribution in [-0.2, 0) is 6.42 Å². The molecule has 1 nitrogen and oxygen atoms in total. The first-order valence-electron chi connectivity index (χ1n) is 8.90. The molecule has 0 amide bonds. The van der Waals surface area contributed by atoms with Crippen molar-refractivity contribution in [1.29, 1.82) is 0 Å². The molecule has 0 aromatic heterocycles. The minimum atomic E-state index is 0.154. The van der Waals surface area contributed by atoms with Gasteiger partial charge in [-0.1, -0.05) is 62.4 Å². The van der Waals surface area contributed by atoms with Crippen LogP contribution < -0.4 is 0 Å². The number of unbranched alkanes of at least 4 members (excludes halogenated alkanes) is 1. The predicted molar refractivity (Wildman–Crippen MR) is 94.3 cm³/mol. The van der Waals surface area contributed by atoms with E-state index in [0.29, 0.717) is 0 Å². The van der Waals surface area contributed by atoms with Gasteiger partial charge in [-0.05, 0) is 50.0 Å². The van der Waals surface area contributed by atoms with E-state index in [1.165, 1.54) is 56.9 Å². The fourth-order valence-electron chi connectivity index (χ4n) is 3.64. The Balaban J connectivity index is 1.68. The van der Waals surface area contributed by atoms with Crippen molar-refractivity contribution in [3.63, 3.8) is 0 Å². The minimum Gasteiger partial charge on any atom is -0.295 e. The average Bonchev–Trinajstić information content (AvgIpc) is 2.55. The van der Waals surface area contributed by atoms with Gasteiger partial charge < -0.3 is 0 Å². The van der Waals surface area contributed by atoms with E-state index in [-0.39, 0.29) is 5.78 Å². The summed E-state index contributed by atoms with van der Waals surface area (Å²) in [6.07, 6.45) is 14.1. The summed E-state index contributed by atoms with van der Waals surface area (Å²) in [4.78, 5) is 11.3. The van der Waals surface area contributed by atoms with Crippen molar-refractivity contribution in [3.8, 4) is 0 Å². The molecule has 0 unspecified atom stereocenters. The van der Waals surface area contributed by atoms with Gasteiger partial charge in [0.2, 0.25) is 0 Å². The fraction of sp³-hybridized carbons (Fsp3) is 0.571. The third-order valence-corrected chi connectivity index (χ3v) is 5.19. The predicted octanol–water partition coefficient (Wildman–Crippen LogP) is 5.98. The Hall–Kier alpha value is -1.37. The Labute approximate surface area is 135 Å². The lowest BCUT2D eigenvalue weighted by molar-refractivity contribution is 0.101. The molecule has 1 aromatic rings. The van der Waals surface area contributed by atoms with Crippen LogP contribution in [0.4, 0.5) is 0 Å². The van der Waals surface area contributed by atoms with Gasteiger partial charge in [0, 0.05) is 5.56 Å². The van der Waals surface area contributed by atoms with Crippen LogP contribution in [0.25, 0.3) is 0 Å². The van der Waals surface area contributed by atoms with Gasteiger partial charge >= 0.3 is 0 Å². The number of ketones is 1. The van der Waals surface area contributed by atoms with Crippen molar-refractivity contribution in [3.05, 3.63) is 48.0 Å². The molecule has 0 atom stereocenters. The molecule has 2 rings (SSSR count). The molecule has 120 valence electrons. The Bertz CT molecular complexity index is 463. The maximum absolute atomic E-state index is 11.3. The molecule has 1 heteroatoms. The molecule has 22 heavy (non-hydrogen) atoms. The van der Waals surface area contributed by atoms with Crippen molar-refractivity contribution < 1.29 is 4.79 Å². The lowest BCUT2D eigenvalue weighted by Crippen LogP contribution is -2.15. The van der Waals surface area contributed by atoms with Gasteiger partial charge in [0.05, 0.1) is 0 Å². The molecule has 1 aliphatic rings. The first kappa shape index (κ1) is 17.0. The van der Waals surface area contributed by atoms with Gasteiger partial charge in [-0.2, -0.15) is 0 Å². The molecule has 0 N–H and O–H groups in total. The average molecular weight is 298 g/mol. The van der Waals surface area contributed by atoms with E-state index in [4.69, 9.17) is 0 Å². The zero-order valence-corrected chi connectivity index (χ0v) is 14.0. The Morgan fingerprint density at radius 3 is 2.23 bits per heavy atom. The van der Waals surface area contributed by atoms with E-state index < -0.39 is 0 Å². The number of carbonyl (C=O) groups excluding carboxylic acids is 1. The third kappa shape index (κ3) is 5.44. The zero-order chi connectivity index (χ0) is 15.8. The molecule has 0 saturated heterocycles. The highest BCUT2D eigenvalue weighted by Gasteiger charge is 2.20. The number of aryl methyl sites for hydroxylation is 1. The van der Waals surface area contributed by atoms with E-state index in [2.05, 4.69) is 18.7 Å². The number of benzene rings is 1. The van der Waals surface area contributed by atoms with Crippen molar-refractivity contribution in [2.24, 2.45) is 11.8 Å². The van der Waals surface area contributed by atoms with Crippen LogP contribution in [0.5, 0.6) is 0 Å². The van der Waals surface area contributed by atoms with Gasteiger partial charge in [-0.15, -0.1) is 6.58 Å². The second-order valence-electron chi connectivity index (χ2n) is 6.90. The Morgan fingerprint density at radius 1 is 1.09 bits per heavy atom. The van der Waals surface area contributed by atoms with E-state index in [1.807, 2.05) is 18.2 Å². The summed E-state index contributed by atoms with van der Waals surface area (Å²) < 4.78 is 0. The van der Waals surface area contributed by atoms with Crippen LogP contribution in [0.2, 0.25) is 0 Å². The minimum absolute atomic E-state index is 0.154. The monoisotopic (exact) mass is 298 g/mol.